The predicted octanol–water partition coefficient (Wildman–Crippen LogP) is 1.44. The topological polar surface area (TPSA) is 73.4 Å². The summed E-state index contributed by atoms with van der Waals surface area (Å²) in [5, 5.41) is 4.15. The number of hydrogen-bond acceptors (Lipinski definition) is 4. The Morgan fingerprint density at radius 2 is 2.17 bits per heavy atom. The molecule has 1 amide bonds. The molecule has 7 heteroatoms. The summed E-state index contributed by atoms with van der Waals surface area (Å²) in [6.45, 7) is 2.53. The number of primary amides is 1. The normalized spacial score (nSPS) is 18.3. The molecule has 23 heavy (non-hydrogen) atoms. The molecule has 122 valence electrons. The SMILES string of the molecule is CN1CCC(COc2cn(-c3ccc(F)cc3)nc2C(N)=O)C1. The Bertz CT molecular complexity index is 699. The van der Waals surface area contributed by atoms with E-state index in [1.807, 2.05) is 0 Å². The van der Waals surface area contributed by atoms with Crippen molar-refractivity contribution in [2.75, 3.05) is 26.7 Å². The minimum absolute atomic E-state index is 0.0840. The molecule has 2 aromatic rings. The molecule has 1 unspecified atom stereocenters. The minimum Gasteiger partial charge on any atom is -0.489 e. The standard InChI is InChI=1S/C16H19FN4O2/c1-20-7-6-11(8-20)10-23-14-9-21(19-15(14)16(18)22)13-4-2-12(17)3-5-13/h2-5,9,11H,6-8,10H2,1H3,(H2,18,22). The maximum absolute atomic E-state index is 13.0. The highest BCUT2D eigenvalue weighted by Gasteiger charge is 2.22. The fourth-order valence-electron chi connectivity index (χ4n) is 2.73. The van der Waals surface area contributed by atoms with E-state index in [0.717, 1.165) is 19.5 Å². The molecule has 1 atom stereocenters. The molecule has 6 nitrogen and oxygen atoms in total. The van der Waals surface area contributed by atoms with Gasteiger partial charge in [-0.3, -0.25) is 4.79 Å². The van der Waals surface area contributed by atoms with Crippen molar-refractivity contribution in [2.45, 2.75) is 6.42 Å². The molecular formula is C16H19FN4O2. The summed E-state index contributed by atoms with van der Waals surface area (Å²) in [4.78, 5) is 13.8. The molecule has 0 bridgehead atoms. The molecule has 0 aliphatic carbocycles. The average molecular weight is 318 g/mol. The lowest BCUT2D eigenvalue weighted by atomic mass is 10.1. The lowest BCUT2D eigenvalue weighted by molar-refractivity contribution is 0.0990. The smallest absolute Gasteiger partial charge is 0.273 e. The maximum Gasteiger partial charge on any atom is 0.273 e. The molecule has 1 saturated heterocycles. The van der Waals surface area contributed by atoms with E-state index in [2.05, 4.69) is 17.0 Å². The number of ether oxygens (including phenoxy) is 1. The Morgan fingerprint density at radius 3 is 2.78 bits per heavy atom. The second-order valence-corrected chi connectivity index (χ2v) is 5.86. The lowest BCUT2D eigenvalue weighted by Crippen LogP contribution is -2.19. The van der Waals surface area contributed by atoms with Gasteiger partial charge in [0.25, 0.3) is 5.91 Å². The zero-order valence-corrected chi connectivity index (χ0v) is 12.9. The average Bonchev–Trinajstić information content (AvgIpc) is 3.12. The van der Waals surface area contributed by atoms with Crippen LogP contribution in [0.4, 0.5) is 4.39 Å². The van der Waals surface area contributed by atoms with Gasteiger partial charge in [-0.15, -0.1) is 0 Å². The molecule has 1 aliphatic heterocycles. The van der Waals surface area contributed by atoms with E-state index in [1.54, 1.807) is 18.3 Å². The molecule has 1 fully saturated rings. The third-order valence-corrected chi connectivity index (χ3v) is 3.97. The van der Waals surface area contributed by atoms with Gasteiger partial charge >= 0.3 is 0 Å². The van der Waals surface area contributed by atoms with E-state index >= 15 is 0 Å². The zero-order valence-electron chi connectivity index (χ0n) is 12.9. The molecule has 2 heterocycles. The summed E-state index contributed by atoms with van der Waals surface area (Å²) >= 11 is 0. The first-order chi connectivity index (χ1) is 11.0. The van der Waals surface area contributed by atoms with E-state index in [9.17, 15) is 9.18 Å². The van der Waals surface area contributed by atoms with Crippen LogP contribution in [0.3, 0.4) is 0 Å². The summed E-state index contributed by atoms with van der Waals surface area (Å²) in [6, 6.07) is 5.80. The highest BCUT2D eigenvalue weighted by atomic mass is 19.1. The van der Waals surface area contributed by atoms with Gasteiger partial charge in [0.2, 0.25) is 0 Å². The fraction of sp³-hybridized carbons (Fsp3) is 0.375. The summed E-state index contributed by atoms with van der Waals surface area (Å²) in [6.07, 6.45) is 2.67. The first kappa shape index (κ1) is 15.5. The van der Waals surface area contributed by atoms with Crippen LogP contribution in [0.25, 0.3) is 5.69 Å². The molecule has 0 saturated carbocycles. The summed E-state index contributed by atoms with van der Waals surface area (Å²) in [7, 11) is 2.07. The van der Waals surface area contributed by atoms with Crippen LogP contribution in [0.15, 0.2) is 30.5 Å². The van der Waals surface area contributed by atoms with Crippen molar-refractivity contribution < 1.29 is 13.9 Å². The molecule has 0 spiro atoms. The van der Waals surface area contributed by atoms with Crippen LogP contribution in [0.2, 0.25) is 0 Å². The van der Waals surface area contributed by atoms with Crippen molar-refractivity contribution in [3.05, 3.63) is 42.0 Å². The molecule has 1 aromatic carbocycles. The van der Waals surface area contributed by atoms with E-state index < -0.39 is 5.91 Å². The Labute approximate surface area is 133 Å². The fourth-order valence-corrected chi connectivity index (χ4v) is 2.73. The van der Waals surface area contributed by atoms with E-state index in [0.29, 0.717) is 24.0 Å². The largest absolute Gasteiger partial charge is 0.489 e. The third kappa shape index (κ3) is 3.50. The highest BCUT2D eigenvalue weighted by molar-refractivity contribution is 5.93. The molecule has 0 radical (unpaired) electrons. The van der Waals surface area contributed by atoms with Crippen LogP contribution in [0.1, 0.15) is 16.9 Å². The van der Waals surface area contributed by atoms with Gasteiger partial charge in [0.1, 0.15) is 5.82 Å². The number of aromatic nitrogens is 2. The van der Waals surface area contributed by atoms with Crippen molar-refractivity contribution >= 4 is 5.91 Å². The van der Waals surface area contributed by atoms with Crippen LogP contribution in [0.5, 0.6) is 5.75 Å². The van der Waals surface area contributed by atoms with Crippen molar-refractivity contribution in [3.63, 3.8) is 0 Å². The van der Waals surface area contributed by atoms with Gasteiger partial charge in [-0.05, 0) is 44.3 Å². The number of hydrogen-bond donors (Lipinski definition) is 1. The Morgan fingerprint density at radius 1 is 1.43 bits per heavy atom. The number of amides is 1. The Kier molecular flexibility index (Phi) is 4.29. The van der Waals surface area contributed by atoms with Gasteiger partial charge in [0, 0.05) is 12.5 Å². The van der Waals surface area contributed by atoms with Crippen molar-refractivity contribution in [3.8, 4) is 11.4 Å². The van der Waals surface area contributed by atoms with Gasteiger partial charge in [0.15, 0.2) is 11.4 Å². The van der Waals surface area contributed by atoms with Gasteiger partial charge < -0.3 is 15.4 Å². The second kappa shape index (κ2) is 6.37. The van der Waals surface area contributed by atoms with Gasteiger partial charge in [-0.2, -0.15) is 5.10 Å². The number of carbonyl (C=O) groups is 1. The van der Waals surface area contributed by atoms with Crippen molar-refractivity contribution in [2.24, 2.45) is 11.7 Å². The maximum atomic E-state index is 13.0. The molecular weight excluding hydrogens is 299 g/mol. The number of carbonyl (C=O) groups excluding carboxylic acids is 1. The molecule has 3 rings (SSSR count). The Balaban J connectivity index is 1.78. The molecule has 1 aromatic heterocycles. The van der Waals surface area contributed by atoms with Gasteiger partial charge in [-0.25, -0.2) is 9.07 Å². The number of rotatable bonds is 5. The van der Waals surface area contributed by atoms with Crippen molar-refractivity contribution in [1.82, 2.24) is 14.7 Å². The lowest BCUT2D eigenvalue weighted by Gasteiger charge is -2.11. The number of likely N-dealkylation sites (tertiary alicyclic amines) is 1. The van der Waals surface area contributed by atoms with Crippen LogP contribution >= 0.6 is 0 Å². The quantitative estimate of drug-likeness (QED) is 0.905. The first-order valence-corrected chi connectivity index (χ1v) is 7.49. The van der Waals surface area contributed by atoms with Crippen LogP contribution in [-0.4, -0.2) is 47.3 Å². The summed E-state index contributed by atoms with van der Waals surface area (Å²) in [5.74, 6) is -0.200. The van der Waals surface area contributed by atoms with Crippen LogP contribution in [-0.2, 0) is 0 Å². The summed E-state index contributed by atoms with van der Waals surface area (Å²) in [5.41, 5.74) is 6.09. The minimum atomic E-state index is -0.649. The molecule has 1 aliphatic rings. The van der Waals surface area contributed by atoms with E-state index in [1.165, 1.54) is 16.8 Å². The van der Waals surface area contributed by atoms with Crippen LogP contribution < -0.4 is 10.5 Å². The van der Waals surface area contributed by atoms with Gasteiger partial charge in [0.05, 0.1) is 18.5 Å². The van der Waals surface area contributed by atoms with E-state index in [-0.39, 0.29) is 11.5 Å². The zero-order chi connectivity index (χ0) is 16.4. The third-order valence-electron chi connectivity index (χ3n) is 3.97. The number of nitrogens with zero attached hydrogens (tertiary/aromatic N) is 3. The van der Waals surface area contributed by atoms with Gasteiger partial charge in [-0.1, -0.05) is 0 Å². The predicted molar refractivity (Wildman–Crippen MR) is 83.1 cm³/mol. The molecule has 2 N–H and O–H groups in total. The first-order valence-electron chi connectivity index (χ1n) is 7.49. The van der Waals surface area contributed by atoms with Crippen LogP contribution in [0, 0.1) is 11.7 Å². The highest BCUT2D eigenvalue weighted by Crippen LogP contribution is 2.22. The number of nitrogens with two attached hydrogens (primary N) is 1. The monoisotopic (exact) mass is 318 g/mol. The van der Waals surface area contributed by atoms with E-state index in [4.69, 9.17) is 10.5 Å². The Hall–Kier alpha value is -2.41. The summed E-state index contributed by atoms with van der Waals surface area (Å²) < 4.78 is 20.2. The second-order valence-electron chi connectivity index (χ2n) is 5.86. The number of halogens is 1. The van der Waals surface area contributed by atoms with Crippen molar-refractivity contribution in [1.29, 1.82) is 0 Å². The number of benzene rings is 1.